The van der Waals surface area contributed by atoms with Gasteiger partial charge in [0, 0.05) is 10.8 Å². The molecule has 3 heteroatoms. The van der Waals surface area contributed by atoms with Gasteiger partial charge in [0.15, 0.2) is 5.76 Å². The Kier molecular flexibility index (Phi) is 2.31. The Morgan fingerprint density at radius 2 is 1.73 bits per heavy atom. The highest BCUT2D eigenvalue weighted by Crippen LogP contribution is 2.25. The van der Waals surface area contributed by atoms with E-state index in [4.69, 9.17) is 4.52 Å². The van der Waals surface area contributed by atoms with E-state index >= 15 is 0 Å². The van der Waals surface area contributed by atoms with Crippen molar-refractivity contribution in [1.29, 1.82) is 0 Å². The van der Waals surface area contributed by atoms with Gasteiger partial charge in [-0.25, -0.2) is 0 Å². The molecule has 0 radical (unpaired) electrons. The van der Waals surface area contributed by atoms with E-state index in [0.29, 0.717) is 5.76 Å². The van der Waals surface area contributed by atoms with Crippen molar-refractivity contribution in [1.82, 2.24) is 10.4 Å². The summed E-state index contributed by atoms with van der Waals surface area (Å²) in [5, 5.41) is 7.10. The second kappa shape index (κ2) is 3.50. The molecule has 2 aromatic rings. The minimum atomic E-state index is 0.179. The van der Waals surface area contributed by atoms with E-state index in [1.165, 1.54) is 5.56 Å². The summed E-state index contributed by atoms with van der Waals surface area (Å²) >= 11 is 0. The van der Waals surface area contributed by atoms with Crippen LogP contribution in [-0.2, 0) is 5.41 Å². The van der Waals surface area contributed by atoms with Crippen molar-refractivity contribution in [2.45, 2.75) is 26.2 Å². The third-order valence-corrected chi connectivity index (χ3v) is 2.40. The number of benzene rings is 1. The molecule has 1 aromatic heterocycles. The first kappa shape index (κ1) is 9.90. The number of hydrogen-bond donors (Lipinski definition) is 0. The summed E-state index contributed by atoms with van der Waals surface area (Å²) in [6, 6.07) is 8.28. The van der Waals surface area contributed by atoms with Gasteiger partial charge in [0.2, 0.25) is 0 Å². The zero-order chi connectivity index (χ0) is 10.9. The van der Waals surface area contributed by atoms with Gasteiger partial charge in [-0.05, 0) is 11.0 Å². The van der Waals surface area contributed by atoms with E-state index in [-0.39, 0.29) is 5.41 Å². The number of aromatic nitrogens is 2. The molecule has 0 fully saturated rings. The molecule has 0 bridgehead atoms. The van der Waals surface area contributed by atoms with E-state index in [2.05, 4.69) is 43.3 Å². The van der Waals surface area contributed by atoms with Crippen LogP contribution in [0, 0.1) is 0 Å². The van der Waals surface area contributed by atoms with Gasteiger partial charge in [0.25, 0.3) is 0 Å². The molecule has 0 spiro atoms. The normalized spacial score (nSPS) is 11.7. The molecular formula is C12H14N2O. The van der Waals surface area contributed by atoms with Gasteiger partial charge in [-0.3, -0.25) is 0 Å². The van der Waals surface area contributed by atoms with E-state index in [1.807, 2.05) is 12.1 Å². The molecule has 0 atom stereocenters. The third kappa shape index (κ3) is 2.06. The van der Waals surface area contributed by atoms with Crippen LogP contribution in [0.15, 0.2) is 35.0 Å². The molecule has 78 valence electrons. The van der Waals surface area contributed by atoms with Crippen LogP contribution in [-0.4, -0.2) is 10.4 Å². The Balaban J connectivity index is 2.33. The molecule has 0 unspecified atom stereocenters. The monoisotopic (exact) mass is 202 g/mol. The molecule has 1 aromatic carbocycles. The fraction of sp³-hybridized carbons (Fsp3) is 0.333. The first-order valence-corrected chi connectivity index (χ1v) is 4.95. The Bertz CT molecular complexity index is 424. The Morgan fingerprint density at radius 1 is 1.07 bits per heavy atom. The second-order valence-corrected chi connectivity index (χ2v) is 4.61. The quantitative estimate of drug-likeness (QED) is 0.713. The SMILES string of the molecule is CC(C)(C)c1ccc(-c2cnno2)cc1. The minimum Gasteiger partial charge on any atom is -0.337 e. The van der Waals surface area contributed by atoms with Crippen molar-refractivity contribution in [2.75, 3.05) is 0 Å². The molecule has 0 saturated heterocycles. The molecule has 3 nitrogen and oxygen atoms in total. The van der Waals surface area contributed by atoms with Crippen LogP contribution < -0.4 is 0 Å². The smallest absolute Gasteiger partial charge is 0.187 e. The highest BCUT2D eigenvalue weighted by molar-refractivity contribution is 5.56. The number of hydrogen-bond acceptors (Lipinski definition) is 3. The fourth-order valence-electron chi connectivity index (χ4n) is 1.43. The third-order valence-electron chi connectivity index (χ3n) is 2.40. The maximum Gasteiger partial charge on any atom is 0.187 e. The maximum absolute atomic E-state index is 4.98. The van der Waals surface area contributed by atoms with Gasteiger partial charge >= 0.3 is 0 Å². The van der Waals surface area contributed by atoms with Crippen molar-refractivity contribution < 1.29 is 4.52 Å². The first-order valence-electron chi connectivity index (χ1n) is 4.95. The summed E-state index contributed by atoms with van der Waals surface area (Å²) in [5.74, 6) is 0.704. The van der Waals surface area contributed by atoms with Crippen LogP contribution in [0.3, 0.4) is 0 Å². The summed E-state index contributed by atoms with van der Waals surface area (Å²) in [7, 11) is 0. The Labute approximate surface area is 89.1 Å². The highest BCUT2D eigenvalue weighted by atomic mass is 16.5. The lowest BCUT2D eigenvalue weighted by Crippen LogP contribution is -2.10. The molecule has 1 heterocycles. The first-order chi connectivity index (χ1) is 7.07. The molecule has 0 aliphatic carbocycles. The second-order valence-electron chi connectivity index (χ2n) is 4.61. The standard InChI is InChI=1S/C12H14N2O/c1-12(2,3)10-6-4-9(5-7-10)11-8-13-14-15-11/h4-8H,1-3H3. The van der Waals surface area contributed by atoms with Crippen molar-refractivity contribution in [3.05, 3.63) is 36.0 Å². The van der Waals surface area contributed by atoms with E-state index in [9.17, 15) is 0 Å². The zero-order valence-corrected chi connectivity index (χ0v) is 9.19. The summed E-state index contributed by atoms with van der Waals surface area (Å²) in [6.45, 7) is 6.58. The molecule has 0 aliphatic heterocycles. The molecular weight excluding hydrogens is 188 g/mol. The van der Waals surface area contributed by atoms with Crippen LogP contribution in [0.1, 0.15) is 26.3 Å². The van der Waals surface area contributed by atoms with Gasteiger partial charge < -0.3 is 4.52 Å². The summed E-state index contributed by atoms with van der Waals surface area (Å²) < 4.78 is 4.98. The average Bonchev–Trinajstić information content (AvgIpc) is 2.69. The molecule has 15 heavy (non-hydrogen) atoms. The summed E-state index contributed by atoms with van der Waals surface area (Å²) in [5.41, 5.74) is 2.49. The predicted molar refractivity (Wildman–Crippen MR) is 58.4 cm³/mol. The van der Waals surface area contributed by atoms with Gasteiger partial charge in [0.1, 0.15) is 0 Å². The van der Waals surface area contributed by atoms with Crippen LogP contribution >= 0.6 is 0 Å². The minimum absolute atomic E-state index is 0.179. The highest BCUT2D eigenvalue weighted by Gasteiger charge is 2.13. The Hall–Kier alpha value is -1.64. The Morgan fingerprint density at radius 3 is 2.20 bits per heavy atom. The van der Waals surface area contributed by atoms with Crippen LogP contribution in [0.2, 0.25) is 0 Å². The molecule has 0 saturated carbocycles. The van der Waals surface area contributed by atoms with Crippen molar-refractivity contribution in [3.63, 3.8) is 0 Å². The molecule has 2 rings (SSSR count). The summed E-state index contributed by atoms with van der Waals surface area (Å²) in [4.78, 5) is 0. The van der Waals surface area contributed by atoms with Gasteiger partial charge in [-0.1, -0.05) is 45.0 Å². The summed E-state index contributed by atoms with van der Waals surface area (Å²) in [6.07, 6.45) is 1.62. The zero-order valence-electron chi connectivity index (χ0n) is 9.19. The van der Waals surface area contributed by atoms with Gasteiger partial charge in [0.05, 0.1) is 6.20 Å². The van der Waals surface area contributed by atoms with E-state index < -0.39 is 0 Å². The maximum atomic E-state index is 4.98. The van der Waals surface area contributed by atoms with Gasteiger partial charge in [-0.15, -0.1) is 5.10 Å². The van der Waals surface area contributed by atoms with Crippen LogP contribution in [0.4, 0.5) is 0 Å². The van der Waals surface area contributed by atoms with Crippen LogP contribution in [0.25, 0.3) is 11.3 Å². The lowest BCUT2D eigenvalue weighted by atomic mass is 9.86. The lowest BCUT2D eigenvalue weighted by molar-refractivity contribution is 0.403. The largest absolute Gasteiger partial charge is 0.337 e. The predicted octanol–water partition coefficient (Wildman–Crippen LogP) is 3.03. The van der Waals surface area contributed by atoms with Crippen molar-refractivity contribution in [3.8, 4) is 11.3 Å². The fourth-order valence-corrected chi connectivity index (χ4v) is 1.43. The van der Waals surface area contributed by atoms with E-state index in [0.717, 1.165) is 5.56 Å². The molecule has 0 N–H and O–H groups in total. The van der Waals surface area contributed by atoms with Crippen molar-refractivity contribution in [2.24, 2.45) is 0 Å². The van der Waals surface area contributed by atoms with E-state index in [1.54, 1.807) is 6.20 Å². The molecule has 0 aliphatic rings. The van der Waals surface area contributed by atoms with Gasteiger partial charge in [-0.2, -0.15) is 0 Å². The number of nitrogens with zero attached hydrogens (tertiary/aromatic N) is 2. The topological polar surface area (TPSA) is 38.9 Å². The lowest BCUT2D eigenvalue weighted by Gasteiger charge is -2.18. The number of rotatable bonds is 1. The average molecular weight is 202 g/mol. The molecule has 0 amide bonds. The van der Waals surface area contributed by atoms with Crippen LogP contribution in [0.5, 0.6) is 0 Å². The van der Waals surface area contributed by atoms with Crippen molar-refractivity contribution >= 4 is 0 Å².